The maximum atomic E-state index is 12.2. The highest BCUT2D eigenvalue weighted by Crippen LogP contribution is 2.33. The minimum absolute atomic E-state index is 0.0465. The van der Waals surface area contributed by atoms with Crippen LogP contribution in [-0.2, 0) is 21.8 Å². The lowest BCUT2D eigenvalue weighted by atomic mass is 9.88. The van der Waals surface area contributed by atoms with Crippen LogP contribution >= 0.6 is 11.6 Å². The maximum absolute atomic E-state index is 12.2. The summed E-state index contributed by atoms with van der Waals surface area (Å²) in [5.41, 5.74) is 0.460. The summed E-state index contributed by atoms with van der Waals surface area (Å²) in [7, 11) is 2.86. The Balaban J connectivity index is 1.86. The van der Waals surface area contributed by atoms with Crippen LogP contribution < -0.4 is 10.1 Å². The van der Waals surface area contributed by atoms with Crippen LogP contribution in [0, 0.1) is 0 Å². The van der Waals surface area contributed by atoms with E-state index in [9.17, 15) is 15.0 Å². The number of hydrogen-bond donors (Lipinski definition) is 3. The Morgan fingerprint density at radius 3 is 2.48 bits per heavy atom. The van der Waals surface area contributed by atoms with Crippen molar-refractivity contribution in [1.82, 2.24) is 10.3 Å². The van der Waals surface area contributed by atoms with Crippen molar-refractivity contribution in [3.8, 4) is 5.88 Å². The summed E-state index contributed by atoms with van der Waals surface area (Å²) in [5, 5.41) is 27.5. The fourth-order valence-corrected chi connectivity index (χ4v) is 3.49. The lowest BCUT2D eigenvalue weighted by Crippen LogP contribution is -2.31. The number of likely N-dealkylation sites (N-methyl/N-ethyl adjacent to an activating group) is 1. The Kier molecular flexibility index (Phi) is 8.00. The summed E-state index contributed by atoms with van der Waals surface area (Å²) >= 11 is 6.38. The number of aliphatic hydroxyl groups excluding tert-OH is 1. The number of nitrogens with zero attached hydrogens (tertiary/aromatic N) is 2. The number of benzene rings is 2. The van der Waals surface area contributed by atoms with Gasteiger partial charge < -0.3 is 25.1 Å². The van der Waals surface area contributed by atoms with Gasteiger partial charge in [-0.2, -0.15) is 0 Å². The number of amides is 1. The molecule has 0 bridgehead atoms. The Labute approximate surface area is 196 Å². The number of rotatable bonds is 9. The summed E-state index contributed by atoms with van der Waals surface area (Å²) in [6.07, 6.45) is 1.40. The van der Waals surface area contributed by atoms with E-state index in [1.807, 2.05) is 6.07 Å². The van der Waals surface area contributed by atoms with Crippen LogP contribution in [0.3, 0.4) is 0 Å². The molecule has 0 spiro atoms. The van der Waals surface area contributed by atoms with Crippen LogP contribution in [0.1, 0.15) is 22.3 Å². The standard InChI is InChI=1S/C24H24ClN3O5/c1-26-22(30)21(28-32-2)19-11-7-6-8-16(19)14-33-23-20(25)12-18(13-27-23)24(31,15-29)17-9-4-3-5-10-17/h3-13,29,31H,14-15H2,1-2H3,(H,26,30)/b28-21-. The summed E-state index contributed by atoms with van der Waals surface area (Å²) in [6, 6.07) is 17.3. The van der Waals surface area contributed by atoms with Crippen molar-refractivity contribution in [3.63, 3.8) is 0 Å². The minimum Gasteiger partial charge on any atom is -0.472 e. The molecule has 0 radical (unpaired) electrons. The van der Waals surface area contributed by atoms with Gasteiger partial charge in [0.2, 0.25) is 5.88 Å². The van der Waals surface area contributed by atoms with E-state index < -0.39 is 18.1 Å². The number of oxime groups is 1. The second-order valence-corrected chi connectivity index (χ2v) is 7.45. The van der Waals surface area contributed by atoms with Crippen LogP contribution in [0.4, 0.5) is 0 Å². The lowest BCUT2D eigenvalue weighted by Gasteiger charge is -2.27. The molecule has 1 unspecified atom stereocenters. The van der Waals surface area contributed by atoms with E-state index in [0.717, 1.165) is 0 Å². The smallest absolute Gasteiger partial charge is 0.273 e. The van der Waals surface area contributed by atoms with E-state index in [-0.39, 0.29) is 23.2 Å². The molecule has 3 rings (SSSR count). The summed E-state index contributed by atoms with van der Waals surface area (Å²) in [6.45, 7) is -0.505. The van der Waals surface area contributed by atoms with Crippen molar-refractivity contribution in [3.05, 3.63) is 94.1 Å². The number of aromatic nitrogens is 1. The molecule has 33 heavy (non-hydrogen) atoms. The van der Waals surface area contributed by atoms with Gasteiger partial charge in [0, 0.05) is 24.4 Å². The Morgan fingerprint density at radius 1 is 1.15 bits per heavy atom. The zero-order valence-electron chi connectivity index (χ0n) is 18.2. The zero-order valence-corrected chi connectivity index (χ0v) is 18.9. The number of carbonyl (C=O) groups excluding carboxylic acids is 1. The molecular weight excluding hydrogens is 446 g/mol. The van der Waals surface area contributed by atoms with Gasteiger partial charge in [0.1, 0.15) is 24.3 Å². The highest BCUT2D eigenvalue weighted by molar-refractivity contribution is 6.45. The maximum Gasteiger partial charge on any atom is 0.273 e. The molecule has 1 heterocycles. The van der Waals surface area contributed by atoms with E-state index in [4.69, 9.17) is 21.2 Å². The molecule has 172 valence electrons. The molecule has 3 N–H and O–H groups in total. The quantitative estimate of drug-likeness (QED) is 0.328. The van der Waals surface area contributed by atoms with E-state index >= 15 is 0 Å². The van der Waals surface area contributed by atoms with Gasteiger partial charge >= 0.3 is 0 Å². The third kappa shape index (κ3) is 5.31. The molecule has 2 aromatic carbocycles. The number of nitrogens with one attached hydrogen (secondary N) is 1. The third-order valence-corrected chi connectivity index (χ3v) is 5.30. The van der Waals surface area contributed by atoms with Crippen LogP contribution in [0.5, 0.6) is 5.88 Å². The highest BCUT2D eigenvalue weighted by Gasteiger charge is 2.32. The summed E-state index contributed by atoms with van der Waals surface area (Å²) in [5.74, 6) is -0.275. The lowest BCUT2D eigenvalue weighted by molar-refractivity contribution is -0.114. The van der Waals surface area contributed by atoms with E-state index in [0.29, 0.717) is 22.3 Å². The van der Waals surface area contributed by atoms with Crippen molar-refractivity contribution >= 4 is 23.2 Å². The van der Waals surface area contributed by atoms with Gasteiger partial charge in [0.05, 0.1) is 6.61 Å². The number of aliphatic hydroxyl groups is 2. The molecule has 8 nitrogen and oxygen atoms in total. The second kappa shape index (κ2) is 10.9. The Hall–Kier alpha value is -3.46. The molecule has 0 aliphatic heterocycles. The number of ether oxygens (including phenoxy) is 1. The van der Waals surface area contributed by atoms with Gasteiger partial charge in [0.25, 0.3) is 5.91 Å². The monoisotopic (exact) mass is 469 g/mol. The van der Waals surface area contributed by atoms with Crippen LogP contribution in [0.15, 0.2) is 72.0 Å². The normalized spacial score (nSPS) is 13.2. The van der Waals surface area contributed by atoms with E-state index in [1.54, 1.807) is 48.5 Å². The average molecular weight is 470 g/mol. The first-order valence-electron chi connectivity index (χ1n) is 10.0. The topological polar surface area (TPSA) is 113 Å². The molecule has 9 heteroatoms. The van der Waals surface area contributed by atoms with E-state index in [1.165, 1.54) is 26.4 Å². The van der Waals surface area contributed by atoms with Crippen LogP contribution in [0.2, 0.25) is 5.02 Å². The molecule has 1 amide bonds. The average Bonchev–Trinajstić information content (AvgIpc) is 2.86. The molecule has 1 atom stereocenters. The number of pyridine rings is 1. The van der Waals surface area contributed by atoms with Gasteiger partial charge in [-0.3, -0.25) is 4.79 Å². The Bertz CT molecular complexity index is 1140. The summed E-state index contributed by atoms with van der Waals surface area (Å²) < 4.78 is 5.80. The van der Waals surface area contributed by atoms with Gasteiger partial charge in [-0.1, -0.05) is 71.4 Å². The highest BCUT2D eigenvalue weighted by atomic mass is 35.5. The Morgan fingerprint density at radius 2 is 1.85 bits per heavy atom. The largest absolute Gasteiger partial charge is 0.472 e. The molecule has 0 fully saturated rings. The summed E-state index contributed by atoms with van der Waals surface area (Å²) in [4.78, 5) is 21.3. The fraction of sp³-hybridized carbons (Fsp3) is 0.208. The van der Waals surface area contributed by atoms with Crippen molar-refractivity contribution in [2.24, 2.45) is 5.16 Å². The minimum atomic E-state index is -1.66. The zero-order chi connectivity index (χ0) is 23.8. The van der Waals surface area contributed by atoms with Crippen molar-refractivity contribution < 1.29 is 24.6 Å². The first-order valence-corrected chi connectivity index (χ1v) is 10.4. The fourth-order valence-electron chi connectivity index (χ4n) is 3.27. The predicted octanol–water partition coefficient (Wildman–Crippen LogP) is 2.64. The van der Waals surface area contributed by atoms with E-state index in [2.05, 4.69) is 15.5 Å². The van der Waals surface area contributed by atoms with Crippen LogP contribution in [-0.4, -0.2) is 47.6 Å². The SMILES string of the molecule is CNC(=O)/C(=N\OC)c1ccccc1COc1ncc(C(O)(CO)c2ccccc2)cc1Cl. The molecule has 3 aromatic rings. The third-order valence-electron chi connectivity index (χ3n) is 5.03. The molecule has 0 saturated carbocycles. The van der Waals surface area contributed by atoms with Gasteiger partial charge in [-0.15, -0.1) is 0 Å². The molecule has 1 aromatic heterocycles. The predicted molar refractivity (Wildman–Crippen MR) is 124 cm³/mol. The van der Waals surface area contributed by atoms with Crippen molar-refractivity contribution in [2.75, 3.05) is 20.8 Å². The first kappa shape index (κ1) is 24.2. The van der Waals surface area contributed by atoms with Gasteiger partial charge in [-0.05, 0) is 17.2 Å². The van der Waals surface area contributed by atoms with Crippen molar-refractivity contribution in [2.45, 2.75) is 12.2 Å². The molecule has 0 aliphatic carbocycles. The van der Waals surface area contributed by atoms with Crippen LogP contribution in [0.25, 0.3) is 0 Å². The molecule has 0 aliphatic rings. The number of hydrogen-bond acceptors (Lipinski definition) is 7. The van der Waals surface area contributed by atoms with Crippen molar-refractivity contribution in [1.29, 1.82) is 0 Å². The number of carbonyl (C=O) groups is 1. The van der Waals surface area contributed by atoms with Gasteiger partial charge in [-0.25, -0.2) is 4.98 Å². The van der Waals surface area contributed by atoms with Gasteiger partial charge in [0.15, 0.2) is 5.71 Å². The number of halogens is 1. The molecule has 0 saturated heterocycles. The second-order valence-electron chi connectivity index (χ2n) is 7.04. The first-order chi connectivity index (χ1) is 15.9. The molecular formula is C24H24ClN3O5.